The number of methoxy groups -OCH3 is 1. The van der Waals surface area contributed by atoms with E-state index in [1.54, 1.807) is 67.6 Å². The summed E-state index contributed by atoms with van der Waals surface area (Å²) in [6.45, 7) is 3.18. The molecule has 0 radical (unpaired) electrons. The predicted octanol–water partition coefficient (Wildman–Crippen LogP) is 5.01. The summed E-state index contributed by atoms with van der Waals surface area (Å²) in [5.41, 5.74) is 2.07. The average molecular weight is 703 g/mol. The molecule has 0 aromatic heterocycles. The molecule has 0 bridgehead atoms. The fourth-order valence-corrected chi connectivity index (χ4v) is 5.98. The Morgan fingerprint density at radius 3 is 2.10 bits per heavy atom. The van der Waals surface area contributed by atoms with Gasteiger partial charge in [0, 0.05) is 29.9 Å². The third kappa shape index (κ3) is 10.3. The summed E-state index contributed by atoms with van der Waals surface area (Å²) in [5, 5.41) is 24.3. The number of hydrogen-bond acceptors (Lipinski definition) is 7. The Morgan fingerprint density at radius 1 is 0.840 bits per heavy atom. The predicted molar refractivity (Wildman–Crippen MR) is 192 cm³/mol. The van der Waals surface area contributed by atoms with Crippen LogP contribution in [0.5, 0.6) is 5.75 Å². The summed E-state index contributed by atoms with van der Waals surface area (Å²) in [7, 11) is -2.28. The van der Waals surface area contributed by atoms with E-state index < -0.39 is 40.1 Å². The molecule has 2 atom stereocenters. The summed E-state index contributed by atoms with van der Waals surface area (Å²) >= 11 is 0. The van der Waals surface area contributed by atoms with Crippen LogP contribution in [0.1, 0.15) is 45.7 Å². The van der Waals surface area contributed by atoms with Crippen molar-refractivity contribution < 1.29 is 37.8 Å². The van der Waals surface area contributed by atoms with Gasteiger partial charge in [0.25, 0.3) is 11.8 Å². The first-order valence-electron chi connectivity index (χ1n) is 16.1. The van der Waals surface area contributed by atoms with E-state index in [4.69, 9.17) is 4.74 Å². The molecule has 4 aromatic carbocycles. The van der Waals surface area contributed by atoms with Gasteiger partial charge >= 0.3 is 6.09 Å². The van der Waals surface area contributed by atoms with E-state index in [1.807, 2.05) is 24.3 Å². The molecule has 4 aromatic rings. The minimum Gasteiger partial charge on any atom is -0.497 e. The summed E-state index contributed by atoms with van der Waals surface area (Å²) in [5.74, 6) is -0.844. The maximum atomic E-state index is 13.9. The second-order valence-electron chi connectivity index (χ2n) is 11.5. The fourth-order valence-electron chi connectivity index (χ4n) is 5.36. The van der Waals surface area contributed by atoms with Crippen molar-refractivity contribution in [3.05, 3.63) is 125 Å². The Labute approximate surface area is 292 Å². The van der Waals surface area contributed by atoms with Crippen LogP contribution in [-0.2, 0) is 23.0 Å². The molecule has 3 amide bonds. The summed E-state index contributed by atoms with van der Waals surface area (Å²) in [6.07, 6.45) is -2.49. The van der Waals surface area contributed by atoms with Crippen LogP contribution in [0.2, 0.25) is 0 Å². The van der Waals surface area contributed by atoms with Gasteiger partial charge in [0.05, 0.1) is 37.2 Å². The van der Waals surface area contributed by atoms with E-state index >= 15 is 0 Å². The van der Waals surface area contributed by atoms with Crippen molar-refractivity contribution in [2.75, 3.05) is 35.6 Å². The number of hydrogen-bond donors (Lipinski definition) is 4. The van der Waals surface area contributed by atoms with E-state index in [1.165, 1.54) is 37.1 Å². The Hall–Kier alpha value is -5.40. The number of nitrogens with one attached hydrogen (secondary N) is 2. The highest BCUT2D eigenvalue weighted by Gasteiger charge is 2.28. The number of rotatable bonds is 16. The molecule has 12 nitrogen and oxygen atoms in total. The Balaban J connectivity index is 1.67. The van der Waals surface area contributed by atoms with Crippen LogP contribution in [-0.4, -0.2) is 79.5 Å². The maximum absolute atomic E-state index is 13.9. The zero-order valence-electron chi connectivity index (χ0n) is 28.2. The molecule has 4 N–H and O–H groups in total. The van der Waals surface area contributed by atoms with Crippen LogP contribution in [0.3, 0.4) is 0 Å². The van der Waals surface area contributed by atoms with Gasteiger partial charge in [-0.2, -0.15) is 0 Å². The van der Waals surface area contributed by atoms with Crippen LogP contribution in [0.25, 0.3) is 0 Å². The summed E-state index contributed by atoms with van der Waals surface area (Å²) in [6, 6.07) is 28.0. The second kappa shape index (κ2) is 17.3. The van der Waals surface area contributed by atoms with Crippen molar-refractivity contribution in [3.63, 3.8) is 0 Å². The number of nitrogens with zero attached hydrogens (tertiary/aromatic N) is 2. The molecule has 0 unspecified atom stereocenters. The molecule has 0 spiro atoms. The van der Waals surface area contributed by atoms with E-state index in [0.717, 1.165) is 10.5 Å². The van der Waals surface area contributed by atoms with Gasteiger partial charge < -0.3 is 30.1 Å². The van der Waals surface area contributed by atoms with Crippen molar-refractivity contribution in [2.45, 2.75) is 39.0 Å². The highest BCUT2D eigenvalue weighted by atomic mass is 32.2. The molecular formula is C37H42N4O8S. The van der Waals surface area contributed by atoms with Gasteiger partial charge in [-0.05, 0) is 73.9 Å². The van der Waals surface area contributed by atoms with Crippen molar-refractivity contribution in [3.8, 4) is 5.75 Å². The topological polar surface area (TPSA) is 166 Å². The quantitative estimate of drug-likeness (QED) is 0.127. The van der Waals surface area contributed by atoms with Crippen molar-refractivity contribution in [1.82, 2.24) is 10.2 Å². The van der Waals surface area contributed by atoms with E-state index in [-0.39, 0.29) is 42.1 Å². The van der Waals surface area contributed by atoms with E-state index in [0.29, 0.717) is 23.5 Å². The Kier molecular flexibility index (Phi) is 13.0. The minimum atomic E-state index is -3.78. The lowest BCUT2D eigenvalue weighted by Gasteiger charge is -2.29. The third-order valence-electron chi connectivity index (χ3n) is 7.99. The van der Waals surface area contributed by atoms with Gasteiger partial charge in [-0.1, -0.05) is 60.7 Å². The van der Waals surface area contributed by atoms with Crippen LogP contribution in [0, 0.1) is 0 Å². The molecule has 0 aliphatic rings. The molecule has 50 heavy (non-hydrogen) atoms. The van der Waals surface area contributed by atoms with Gasteiger partial charge in [-0.3, -0.25) is 14.3 Å². The van der Waals surface area contributed by atoms with Gasteiger partial charge in [0.15, 0.2) is 0 Å². The minimum absolute atomic E-state index is 0.0162. The van der Waals surface area contributed by atoms with Gasteiger partial charge in [0.1, 0.15) is 5.75 Å². The largest absolute Gasteiger partial charge is 0.497 e. The van der Waals surface area contributed by atoms with E-state index in [9.17, 15) is 33.0 Å². The number of aliphatic hydroxyl groups is 1. The lowest BCUT2D eigenvalue weighted by molar-refractivity contribution is 0.0640. The fraction of sp³-hybridized carbons (Fsp3) is 0.270. The highest BCUT2D eigenvalue weighted by Crippen LogP contribution is 2.23. The second-order valence-corrected chi connectivity index (χ2v) is 13.6. The highest BCUT2D eigenvalue weighted by molar-refractivity contribution is 7.92. The normalized spacial score (nSPS) is 12.3. The number of carboxylic acid groups (broad SMARTS) is 1. The number of benzene rings is 4. The zero-order chi connectivity index (χ0) is 36.3. The number of sulfonamides is 1. The first-order valence-corrected chi connectivity index (χ1v) is 17.7. The number of carbonyl (C=O) groups is 3. The molecule has 0 aliphatic heterocycles. The molecule has 0 saturated carbocycles. The van der Waals surface area contributed by atoms with Crippen LogP contribution in [0.4, 0.5) is 16.2 Å². The molecule has 264 valence electrons. The number of ether oxygens (including phenoxy) is 1. The number of amides is 3. The van der Waals surface area contributed by atoms with Crippen molar-refractivity contribution in [1.29, 1.82) is 0 Å². The van der Waals surface area contributed by atoms with Gasteiger partial charge in [-0.15, -0.1) is 0 Å². The number of anilines is 2. The van der Waals surface area contributed by atoms with Gasteiger partial charge in [0.2, 0.25) is 10.0 Å². The smallest absolute Gasteiger partial charge is 0.407 e. The third-order valence-corrected chi connectivity index (χ3v) is 9.30. The first kappa shape index (κ1) is 37.4. The molecular weight excluding hydrogens is 660 g/mol. The van der Waals surface area contributed by atoms with Crippen LogP contribution < -0.4 is 19.7 Å². The summed E-state index contributed by atoms with van der Waals surface area (Å²) < 4.78 is 32.8. The van der Waals surface area contributed by atoms with Crippen LogP contribution in [0.15, 0.2) is 103 Å². The maximum Gasteiger partial charge on any atom is 0.407 e. The lowest BCUT2D eigenvalue weighted by Crippen LogP contribution is -2.50. The number of aliphatic hydroxyl groups excluding tert-OH is 1. The van der Waals surface area contributed by atoms with Crippen LogP contribution >= 0.6 is 0 Å². The Bertz CT molecular complexity index is 1870. The molecule has 0 heterocycles. The molecule has 0 aliphatic carbocycles. The zero-order valence-corrected chi connectivity index (χ0v) is 29.0. The standard InChI is InChI=1S/C37H42N4O8S/c1-4-41(31-16-10-7-11-17-31)36(44)29-21-28(22-30(23-29)39-50(47,48)5-2)35(43)38-33(20-26-13-8-6-9-14-26)34(42)25-40(37(45)46)24-27-15-12-18-32(19-27)49-3/h6-19,21-23,33-34,39,42H,4-5,20,24-25H2,1-3H3,(H,38,43)(H,45,46)/t33-,34+/m0/s1. The molecule has 0 fully saturated rings. The molecule has 13 heteroatoms. The summed E-state index contributed by atoms with van der Waals surface area (Å²) in [4.78, 5) is 42.6. The lowest BCUT2D eigenvalue weighted by atomic mass is 9.99. The molecule has 0 saturated heterocycles. The average Bonchev–Trinajstić information content (AvgIpc) is 3.11. The van der Waals surface area contributed by atoms with E-state index in [2.05, 4.69) is 10.0 Å². The Morgan fingerprint density at radius 2 is 1.48 bits per heavy atom. The monoisotopic (exact) mass is 702 g/mol. The SMILES string of the molecule is CCN(C(=O)c1cc(NS(=O)(=O)CC)cc(C(=O)N[C@@H](Cc2ccccc2)[C@H](O)CN(Cc2cccc(OC)c2)C(=O)O)c1)c1ccccc1. The van der Waals surface area contributed by atoms with Crippen molar-refractivity contribution in [2.24, 2.45) is 0 Å². The van der Waals surface area contributed by atoms with Gasteiger partial charge in [-0.25, -0.2) is 13.2 Å². The van der Waals surface area contributed by atoms with Crippen molar-refractivity contribution >= 4 is 39.3 Å². The number of carbonyl (C=O) groups excluding carboxylic acids is 2. The first-order chi connectivity index (χ1) is 23.9. The molecule has 4 rings (SSSR count). The number of para-hydroxylation sites is 1.